The van der Waals surface area contributed by atoms with E-state index in [1.807, 2.05) is 17.0 Å². The Bertz CT molecular complexity index is 1390. The van der Waals surface area contributed by atoms with Crippen LogP contribution in [0.1, 0.15) is 25.0 Å². The van der Waals surface area contributed by atoms with Gasteiger partial charge in [0, 0.05) is 42.0 Å². The number of hydrogen-bond acceptors (Lipinski definition) is 5. The Hall–Kier alpha value is -3.22. The molecule has 172 valence electrons. The van der Waals surface area contributed by atoms with Crippen molar-refractivity contribution in [2.75, 3.05) is 18.5 Å². The number of hydrogen-bond donors (Lipinski definition) is 0. The molecule has 0 unspecified atom stereocenters. The first-order valence-corrected chi connectivity index (χ1v) is 13.2. The van der Waals surface area contributed by atoms with Gasteiger partial charge < -0.3 is 4.90 Å². The van der Waals surface area contributed by atoms with E-state index in [2.05, 4.69) is 103 Å². The fourth-order valence-electron chi connectivity index (χ4n) is 4.51. The van der Waals surface area contributed by atoms with Gasteiger partial charge in [-0.05, 0) is 41.1 Å². The van der Waals surface area contributed by atoms with Crippen LogP contribution >= 0.6 is 22.7 Å². The van der Waals surface area contributed by atoms with Crippen molar-refractivity contribution >= 4 is 34.6 Å². The molecule has 2 aromatic heterocycles. The molecule has 1 aliphatic rings. The third-order valence-corrected chi connectivity index (χ3v) is 8.05. The summed E-state index contributed by atoms with van der Waals surface area (Å²) in [5, 5.41) is 9.14. The lowest BCUT2D eigenvalue weighted by Crippen LogP contribution is -2.23. The van der Waals surface area contributed by atoms with Crippen LogP contribution in [-0.4, -0.2) is 24.5 Å². The van der Waals surface area contributed by atoms with Gasteiger partial charge >= 0.3 is 0 Å². The maximum atomic E-state index is 4.90. The van der Waals surface area contributed by atoms with Crippen LogP contribution in [0.2, 0.25) is 0 Å². The molecule has 0 saturated carbocycles. The van der Waals surface area contributed by atoms with Crippen molar-refractivity contribution < 1.29 is 0 Å². The standard InChI is InChI=1S/C28H28N4S2/c1-28(2)22-12-7-8-13-23(22)31(3)26(28)16-18-30-32-24(25-14-9-19-33-25)20-34-27(32)29-17-15-21-10-5-4-6-11-21/h4-14,16,18-20H,15,17H2,1-3H3. The smallest absolute Gasteiger partial charge is 0.206 e. The van der Waals surface area contributed by atoms with E-state index in [-0.39, 0.29) is 5.41 Å². The van der Waals surface area contributed by atoms with Crippen LogP contribution in [0.15, 0.2) is 99.4 Å². The van der Waals surface area contributed by atoms with Gasteiger partial charge in [0.05, 0.1) is 10.6 Å². The van der Waals surface area contributed by atoms with E-state index in [0.29, 0.717) is 0 Å². The second-order valence-electron chi connectivity index (χ2n) is 8.83. The molecule has 0 bridgehead atoms. The summed E-state index contributed by atoms with van der Waals surface area (Å²) in [6.45, 7) is 5.28. The number of thiazole rings is 1. The van der Waals surface area contributed by atoms with E-state index in [1.54, 1.807) is 22.7 Å². The van der Waals surface area contributed by atoms with Crippen molar-refractivity contribution in [3.05, 3.63) is 105 Å². The average Bonchev–Trinajstić information content (AvgIpc) is 3.56. The van der Waals surface area contributed by atoms with Crippen LogP contribution in [0.5, 0.6) is 0 Å². The molecule has 0 radical (unpaired) electrons. The fraction of sp³-hybridized carbons (Fsp3) is 0.214. The van der Waals surface area contributed by atoms with Gasteiger partial charge in [-0.3, -0.25) is 4.99 Å². The quantitative estimate of drug-likeness (QED) is 0.285. The first kappa shape index (κ1) is 22.6. The summed E-state index contributed by atoms with van der Waals surface area (Å²) in [7, 11) is 2.13. The Morgan fingerprint density at radius 3 is 2.50 bits per heavy atom. The minimum atomic E-state index is -0.0733. The maximum absolute atomic E-state index is 4.90. The summed E-state index contributed by atoms with van der Waals surface area (Å²) in [5.74, 6) is 0. The molecule has 4 nitrogen and oxygen atoms in total. The van der Waals surface area contributed by atoms with Crippen molar-refractivity contribution in [3.8, 4) is 10.6 Å². The van der Waals surface area contributed by atoms with Crippen molar-refractivity contribution in [2.24, 2.45) is 10.1 Å². The molecule has 0 aliphatic carbocycles. The SMILES string of the molecule is CN1C(=CC=Nn2c(-c3cccs3)csc2=NCCc2ccccc2)C(C)(C)c2ccccc21. The highest BCUT2D eigenvalue weighted by atomic mass is 32.1. The van der Waals surface area contributed by atoms with Crippen LogP contribution in [0.4, 0.5) is 5.69 Å². The molecule has 4 aromatic rings. The molecule has 3 heterocycles. The molecule has 0 N–H and O–H groups in total. The number of rotatable bonds is 6. The Labute approximate surface area is 208 Å². The monoisotopic (exact) mass is 484 g/mol. The van der Waals surface area contributed by atoms with E-state index >= 15 is 0 Å². The second kappa shape index (κ2) is 9.57. The van der Waals surface area contributed by atoms with Crippen LogP contribution < -0.4 is 9.70 Å². The number of allylic oxidation sites excluding steroid dienone is 2. The van der Waals surface area contributed by atoms with Crippen molar-refractivity contribution in [3.63, 3.8) is 0 Å². The number of aromatic nitrogens is 1. The maximum Gasteiger partial charge on any atom is 0.206 e. The largest absolute Gasteiger partial charge is 0.347 e. The number of benzene rings is 2. The lowest BCUT2D eigenvalue weighted by molar-refractivity contribution is 0.641. The minimum absolute atomic E-state index is 0.0733. The zero-order chi connectivity index (χ0) is 23.5. The first-order chi connectivity index (χ1) is 16.6. The van der Waals surface area contributed by atoms with Gasteiger partial charge in [0.25, 0.3) is 0 Å². The predicted octanol–water partition coefficient (Wildman–Crippen LogP) is 6.57. The topological polar surface area (TPSA) is 32.9 Å². The molecule has 0 saturated heterocycles. The molecule has 0 fully saturated rings. The number of para-hydroxylation sites is 1. The molecular weight excluding hydrogens is 456 g/mol. The van der Waals surface area contributed by atoms with E-state index in [4.69, 9.17) is 10.1 Å². The molecule has 2 aromatic carbocycles. The molecule has 5 rings (SSSR count). The summed E-state index contributed by atoms with van der Waals surface area (Å²) in [5.41, 5.74) is 6.13. The molecular formula is C28H28N4S2. The second-order valence-corrected chi connectivity index (χ2v) is 10.6. The highest BCUT2D eigenvalue weighted by molar-refractivity contribution is 7.14. The highest BCUT2D eigenvalue weighted by Crippen LogP contribution is 2.46. The zero-order valence-electron chi connectivity index (χ0n) is 19.7. The summed E-state index contributed by atoms with van der Waals surface area (Å²) < 4.78 is 1.98. The van der Waals surface area contributed by atoms with Crippen molar-refractivity contribution in [1.29, 1.82) is 0 Å². The van der Waals surface area contributed by atoms with Gasteiger partial charge in [-0.2, -0.15) is 5.10 Å². The van der Waals surface area contributed by atoms with E-state index in [0.717, 1.165) is 23.5 Å². The van der Waals surface area contributed by atoms with E-state index in [9.17, 15) is 0 Å². The Morgan fingerprint density at radius 1 is 0.941 bits per heavy atom. The van der Waals surface area contributed by atoms with Crippen LogP contribution in [0, 0.1) is 0 Å². The Morgan fingerprint density at radius 2 is 1.74 bits per heavy atom. The van der Waals surface area contributed by atoms with Gasteiger partial charge in [0.2, 0.25) is 4.80 Å². The summed E-state index contributed by atoms with van der Waals surface area (Å²) in [6, 6.07) is 23.3. The molecule has 34 heavy (non-hydrogen) atoms. The van der Waals surface area contributed by atoms with E-state index in [1.165, 1.54) is 27.4 Å². The Balaban J connectivity index is 1.47. The zero-order valence-corrected chi connectivity index (χ0v) is 21.3. The highest BCUT2D eigenvalue weighted by Gasteiger charge is 2.37. The predicted molar refractivity (Wildman–Crippen MR) is 146 cm³/mol. The van der Waals surface area contributed by atoms with Crippen molar-refractivity contribution in [2.45, 2.75) is 25.7 Å². The number of likely N-dealkylation sites (N-methyl/N-ethyl adjacent to an activating group) is 1. The lowest BCUT2D eigenvalue weighted by Gasteiger charge is -2.23. The molecule has 0 amide bonds. The summed E-state index contributed by atoms with van der Waals surface area (Å²) >= 11 is 3.36. The summed E-state index contributed by atoms with van der Waals surface area (Å²) in [4.78, 5) is 9.27. The fourth-order valence-corrected chi connectivity index (χ4v) is 6.17. The average molecular weight is 485 g/mol. The Kier molecular flexibility index (Phi) is 6.35. The molecule has 1 aliphatic heterocycles. The van der Waals surface area contributed by atoms with Crippen LogP contribution in [0.25, 0.3) is 10.6 Å². The first-order valence-electron chi connectivity index (χ1n) is 11.4. The van der Waals surface area contributed by atoms with Gasteiger partial charge in [-0.1, -0.05) is 68.4 Å². The lowest BCUT2D eigenvalue weighted by atomic mass is 9.84. The third-order valence-electron chi connectivity index (χ3n) is 6.30. The number of thiophene rings is 1. The van der Waals surface area contributed by atoms with Gasteiger partial charge in [-0.15, -0.1) is 22.7 Å². The third kappa shape index (κ3) is 4.31. The number of anilines is 1. The molecule has 6 heteroatoms. The summed E-state index contributed by atoms with van der Waals surface area (Å²) in [6.07, 6.45) is 4.97. The van der Waals surface area contributed by atoms with Crippen molar-refractivity contribution in [1.82, 2.24) is 4.68 Å². The number of fused-ring (bicyclic) bond motifs is 1. The van der Waals surface area contributed by atoms with Gasteiger partial charge in [-0.25, -0.2) is 4.68 Å². The minimum Gasteiger partial charge on any atom is -0.347 e. The van der Waals surface area contributed by atoms with Gasteiger partial charge in [0.15, 0.2) is 0 Å². The molecule has 0 atom stereocenters. The van der Waals surface area contributed by atoms with Gasteiger partial charge in [0.1, 0.15) is 0 Å². The number of nitrogens with zero attached hydrogens (tertiary/aromatic N) is 4. The van der Waals surface area contributed by atoms with Crippen LogP contribution in [0.3, 0.4) is 0 Å². The van der Waals surface area contributed by atoms with Crippen LogP contribution in [-0.2, 0) is 11.8 Å². The normalized spacial score (nSPS) is 16.6. The molecule has 0 spiro atoms. The van der Waals surface area contributed by atoms with E-state index < -0.39 is 0 Å².